The van der Waals surface area contributed by atoms with Crippen LogP contribution in [0.4, 0.5) is 0 Å². The van der Waals surface area contributed by atoms with Gasteiger partial charge in [0.2, 0.25) is 0 Å². The molecule has 3 heteroatoms. The molecule has 2 rings (SSSR count). The molecular formula is C15H22BrNO. The van der Waals surface area contributed by atoms with Crippen molar-refractivity contribution in [2.75, 3.05) is 6.61 Å². The molecule has 0 saturated heterocycles. The molecule has 100 valence electrons. The van der Waals surface area contributed by atoms with E-state index in [1.54, 1.807) is 0 Å². The van der Waals surface area contributed by atoms with Gasteiger partial charge < -0.3 is 10.4 Å². The quantitative estimate of drug-likeness (QED) is 0.896. The minimum atomic E-state index is 0.254. The molecule has 0 heterocycles. The molecule has 0 bridgehead atoms. The van der Waals surface area contributed by atoms with Gasteiger partial charge in [0.1, 0.15) is 0 Å². The van der Waals surface area contributed by atoms with Gasteiger partial charge in [-0.3, -0.25) is 0 Å². The van der Waals surface area contributed by atoms with Crippen LogP contribution in [-0.2, 0) is 12.8 Å². The minimum Gasteiger partial charge on any atom is -0.396 e. The number of halogens is 1. The van der Waals surface area contributed by atoms with E-state index in [9.17, 15) is 5.11 Å². The fourth-order valence-electron chi connectivity index (χ4n) is 2.56. The Morgan fingerprint density at radius 3 is 2.89 bits per heavy atom. The van der Waals surface area contributed by atoms with Crippen molar-refractivity contribution < 1.29 is 5.11 Å². The van der Waals surface area contributed by atoms with Crippen molar-refractivity contribution in [1.29, 1.82) is 0 Å². The number of fused-ring (bicyclic) bond motifs is 1. The average molecular weight is 312 g/mol. The van der Waals surface area contributed by atoms with Crippen molar-refractivity contribution in [3.8, 4) is 0 Å². The number of rotatable bonds is 4. The van der Waals surface area contributed by atoms with Gasteiger partial charge in [-0.25, -0.2) is 0 Å². The van der Waals surface area contributed by atoms with Gasteiger partial charge >= 0.3 is 0 Å². The first-order valence-electron chi connectivity index (χ1n) is 6.74. The number of aryl methyl sites for hydroxylation is 1. The number of hydrogen-bond donors (Lipinski definition) is 2. The van der Waals surface area contributed by atoms with Crippen LogP contribution in [0.3, 0.4) is 0 Å². The van der Waals surface area contributed by atoms with Crippen LogP contribution in [0.25, 0.3) is 0 Å². The zero-order valence-corrected chi connectivity index (χ0v) is 12.7. The fourth-order valence-corrected chi connectivity index (χ4v) is 2.97. The molecule has 0 fully saturated rings. The second kappa shape index (κ2) is 6.18. The Kier molecular flexibility index (Phi) is 4.82. The van der Waals surface area contributed by atoms with E-state index in [0.717, 1.165) is 12.8 Å². The van der Waals surface area contributed by atoms with Gasteiger partial charge in [-0.1, -0.05) is 28.9 Å². The lowest BCUT2D eigenvalue weighted by atomic mass is 9.87. The molecule has 0 saturated carbocycles. The van der Waals surface area contributed by atoms with E-state index in [-0.39, 0.29) is 6.61 Å². The standard InChI is InChI=1S/C15H22BrNO/c1-10(9-18)11(2)17-15-6-4-12-7-14(16)5-3-13(12)8-15/h3,5,7,10-11,15,17-18H,4,6,8-9H2,1-2H3. The van der Waals surface area contributed by atoms with Crippen molar-refractivity contribution in [2.24, 2.45) is 5.92 Å². The maximum atomic E-state index is 9.18. The highest BCUT2D eigenvalue weighted by molar-refractivity contribution is 9.10. The smallest absolute Gasteiger partial charge is 0.0471 e. The number of nitrogens with one attached hydrogen (secondary N) is 1. The first kappa shape index (κ1) is 14.0. The molecule has 1 aliphatic rings. The molecule has 0 spiro atoms. The third-order valence-electron chi connectivity index (χ3n) is 4.04. The minimum absolute atomic E-state index is 0.254. The molecule has 2 nitrogen and oxygen atoms in total. The van der Waals surface area contributed by atoms with Crippen molar-refractivity contribution in [2.45, 2.75) is 45.2 Å². The fraction of sp³-hybridized carbons (Fsp3) is 0.600. The van der Waals surface area contributed by atoms with E-state index in [1.165, 1.54) is 22.0 Å². The van der Waals surface area contributed by atoms with Crippen molar-refractivity contribution in [1.82, 2.24) is 5.32 Å². The second-order valence-electron chi connectivity index (χ2n) is 5.47. The van der Waals surface area contributed by atoms with Gasteiger partial charge in [-0.2, -0.15) is 0 Å². The highest BCUT2D eigenvalue weighted by atomic mass is 79.9. The summed E-state index contributed by atoms with van der Waals surface area (Å²) in [4.78, 5) is 0. The van der Waals surface area contributed by atoms with Gasteiger partial charge in [-0.05, 0) is 55.4 Å². The topological polar surface area (TPSA) is 32.3 Å². The van der Waals surface area contributed by atoms with Crippen LogP contribution in [0, 0.1) is 5.92 Å². The predicted octanol–water partition coefficient (Wildman–Crippen LogP) is 2.91. The predicted molar refractivity (Wildman–Crippen MR) is 78.8 cm³/mol. The van der Waals surface area contributed by atoms with E-state index in [2.05, 4.69) is 53.3 Å². The van der Waals surface area contributed by atoms with E-state index in [1.807, 2.05) is 0 Å². The summed E-state index contributed by atoms with van der Waals surface area (Å²) >= 11 is 3.53. The Morgan fingerprint density at radius 1 is 1.39 bits per heavy atom. The van der Waals surface area contributed by atoms with E-state index in [0.29, 0.717) is 18.0 Å². The second-order valence-corrected chi connectivity index (χ2v) is 6.38. The maximum Gasteiger partial charge on any atom is 0.0471 e. The van der Waals surface area contributed by atoms with Gasteiger partial charge in [0.25, 0.3) is 0 Å². The zero-order valence-electron chi connectivity index (χ0n) is 11.1. The first-order valence-corrected chi connectivity index (χ1v) is 7.53. The van der Waals surface area contributed by atoms with Crippen LogP contribution in [-0.4, -0.2) is 23.8 Å². The highest BCUT2D eigenvalue weighted by Crippen LogP contribution is 2.25. The molecule has 0 radical (unpaired) electrons. The van der Waals surface area contributed by atoms with E-state index in [4.69, 9.17) is 0 Å². The molecule has 1 aliphatic carbocycles. The number of hydrogen-bond acceptors (Lipinski definition) is 2. The lowest BCUT2D eigenvalue weighted by Gasteiger charge is -2.30. The van der Waals surface area contributed by atoms with Crippen LogP contribution in [0.5, 0.6) is 0 Å². The molecule has 1 aromatic rings. The van der Waals surface area contributed by atoms with Crippen LogP contribution < -0.4 is 5.32 Å². The molecule has 0 amide bonds. The summed E-state index contributed by atoms with van der Waals surface area (Å²) in [5.74, 6) is 0.316. The molecular weight excluding hydrogens is 290 g/mol. The van der Waals surface area contributed by atoms with Crippen LogP contribution in [0.2, 0.25) is 0 Å². The van der Waals surface area contributed by atoms with Crippen molar-refractivity contribution >= 4 is 15.9 Å². The molecule has 0 aliphatic heterocycles. The Hall–Kier alpha value is -0.380. The van der Waals surface area contributed by atoms with Crippen LogP contribution in [0.1, 0.15) is 31.4 Å². The molecule has 3 unspecified atom stereocenters. The normalized spacial score (nSPS) is 22.3. The summed E-state index contributed by atoms with van der Waals surface area (Å²) in [7, 11) is 0. The van der Waals surface area contributed by atoms with Crippen LogP contribution >= 0.6 is 15.9 Å². The van der Waals surface area contributed by atoms with Gasteiger partial charge in [0.05, 0.1) is 0 Å². The Morgan fingerprint density at radius 2 is 2.17 bits per heavy atom. The number of aliphatic hydroxyl groups excluding tert-OH is 1. The first-order chi connectivity index (χ1) is 8.60. The van der Waals surface area contributed by atoms with Gasteiger partial charge in [0, 0.05) is 23.2 Å². The molecule has 1 aromatic carbocycles. The zero-order chi connectivity index (χ0) is 13.1. The van der Waals surface area contributed by atoms with E-state index < -0.39 is 0 Å². The monoisotopic (exact) mass is 311 g/mol. The summed E-state index contributed by atoms with van der Waals surface area (Å²) in [5.41, 5.74) is 2.94. The van der Waals surface area contributed by atoms with Crippen LogP contribution in [0.15, 0.2) is 22.7 Å². The summed E-state index contributed by atoms with van der Waals surface area (Å²) in [5, 5.41) is 12.8. The third kappa shape index (κ3) is 3.34. The van der Waals surface area contributed by atoms with E-state index >= 15 is 0 Å². The lowest BCUT2D eigenvalue weighted by Crippen LogP contribution is -2.43. The van der Waals surface area contributed by atoms with Crippen molar-refractivity contribution in [3.63, 3.8) is 0 Å². The molecule has 0 aromatic heterocycles. The molecule has 2 N–H and O–H groups in total. The number of benzene rings is 1. The average Bonchev–Trinajstić information content (AvgIpc) is 2.38. The summed E-state index contributed by atoms with van der Waals surface area (Å²) in [6.45, 7) is 4.51. The Bertz CT molecular complexity index is 407. The van der Waals surface area contributed by atoms with Gasteiger partial charge in [-0.15, -0.1) is 0 Å². The number of aliphatic hydroxyl groups is 1. The Balaban J connectivity index is 1.97. The Labute approximate surface area is 118 Å². The highest BCUT2D eigenvalue weighted by Gasteiger charge is 2.21. The third-order valence-corrected chi connectivity index (χ3v) is 4.53. The van der Waals surface area contributed by atoms with Crippen molar-refractivity contribution in [3.05, 3.63) is 33.8 Å². The summed E-state index contributed by atoms with van der Waals surface area (Å²) in [6, 6.07) is 7.51. The molecule has 18 heavy (non-hydrogen) atoms. The van der Waals surface area contributed by atoms with Gasteiger partial charge in [0.15, 0.2) is 0 Å². The summed E-state index contributed by atoms with van der Waals surface area (Å²) < 4.78 is 1.18. The lowest BCUT2D eigenvalue weighted by molar-refractivity contribution is 0.198. The SMILES string of the molecule is CC(CO)C(C)NC1CCc2cc(Br)ccc2C1. The largest absolute Gasteiger partial charge is 0.396 e. The molecule has 3 atom stereocenters. The summed E-state index contributed by atoms with van der Waals surface area (Å²) in [6.07, 6.45) is 3.43. The maximum absolute atomic E-state index is 9.18.